The van der Waals surface area contributed by atoms with E-state index in [0.29, 0.717) is 45.0 Å². The molecular formula is C21H27N3O4. The van der Waals surface area contributed by atoms with Crippen LogP contribution in [0.3, 0.4) is 0 Å². The number of carbonyl (C=O) groups is 2. The van der Waals surface area contributed by atoms with E-state index in [0.717, 1.165) is 17.1 Å². The summed E-state index contributed by atoms with van der Waals surface area (Å²) in [6, 6.07) is 9.98. The van der Waals surface area contributed by atoms with Gasteiger partial charge in [0.05, 0.1) is 13.2 Å². The van der Waals surface area contributed by atoms with Gasteiger partial charge in [-0.2, -0.15) is 0 Å². The van der Waals surface area contributed by atoms with Gasteiger partial charge in [-0.25, -0.2) is 9.59 Å². The zero-order chi connectivity index (χ0) is 20.1. The van der Waals surface area contributed by atoms with Gasteiger partial charge in [0.2, 0.25) is 0 Å². The summed E-state index contributed by atoms with van der Waals surface area (Å²) in [7, 11) is 0. The fourth-order valence-corrected chi connectivity index (χ4v) is 3.27. The van der Waals surface area contributed by atoms with Gasteiger partial charge in [-0.15, -0.1) is 0 Å². The second-order valence-electron chi connectivity index (χ2n) is 6.70. The highest BCUT2D eigenvalue weighted by molar-refractivity contribution is 5.97. The van der Waals surface area contributed by atoms with Crippen molar-refractivity contribution in [1.29, 1.82) is 0 Å². The maximum atomic E-state index is 12.5. The first-order valence-corrected chi connectivity index (χ1v) is 9.67. The minimum Gasteiger partial charge on any atom is -0.462 e. The number of nitrogens with one attached hydrogen (secondary N) is 1. The Morgan fingerprint density at radius 1 is 1.00 bits per heavy atom. The molecule has 2 aromatic rings. The van der Waals surface area contributed by atoms with Crippen molar-refractivity contribution in [3.8, 4) is 11.3 Å². The van der Waals surface area contributed by atoms with Crippen LogP contribution in [0, 0.1) is 6.92 Å². The predicted molar refractivity (Wildman–Crippen MR) is 108 cm³/mol. The molecule has 1 saturated heterocycles. The van der Waals surface area contributed by atoms with Crippen molar-refractivity contribution in [1.82, 2.24) is 9.88 Å². The molecule has 0 atom stereocenters. The van der Waals surface area contributed by atoms with E-state index in [-0.39, 0.29) is 12.1 Å². The zero-order valence-corrected chi connectivity index (χ0v) is 16.7. The van der Waals surface area contributed by atoms with E-state index in [1.807, 2.05) is 37.3 Å². The number of hydrogen-bond donors (Lipinski definition) is 1. The van der Waals surface area contributed by atoms with E-state index in [1.165, 1.54) is 5.56 Å². The number of rotatable bonds is 5. The number of piperazine rings is 1. The second-order valence-corrected chi connectivity index (χ2v) is 6.70. The highest BCUT2D eigenvalue weighted by Gasteiger charge is 2.27. The van der Waals surface area contributed by atoms with Crippen LogP contribution in [0.1, 0.15) is 29.8 Å². The van der Waals surface area contributed by atoms with Crippen LogP contribution < -0.4 is 4.90 Å². The molecule has 1 aromatic heterocycles. The third kappa shape index (κ3) is 4.30. The molecule has 2 heterocycles. The average molecular weight is 385 g/mol. The maximum Gasteiger partial charge on any atom is 0.409 e. The van der Waals surface area contributed by atoms with Crippen LogP contribution in [0.5, 0.6) is 0 Å². The molecule has 1 N–H and O–H groups in total. The number of benzene rings is 1. The Bertz CT molecular complexity index is 821. The van der Waals surface area contributed by atoms with Crippen molar-refractivity contribution in [2.45, 2.75) is 20.8 Å². The highest BCUT2D eigenvalue weighted by atomic mass is 16.6. The first-order chi connectivity index (χ1) is 13.5. The average Bonchev–Trinajstić information content (AvgIpc) is 3.14. The normalized spacial score (nSPS) is 14.1. The molecule has 1 aliphatic rings. The number of amides is 1. The van der Waals surface area contributed by atoms with Gasteiger partial charge < -0.3 is 24.3 Å². The smallest absolute Gasteiger partial charge is 0.409 e. The largest absolute Gasteiger partial charge is 0.462 e. The highest BCUT2D eigenvalue weighted by Crippen LogP contribution is 2.29. The molecule has 0 saturated carbocycles. The van der Waals surface area contributed by atoms with Crippen molar-refractivity contribution in [2.75, 3.05) is 44.3 Å². The topological polar surface area (TPSA) is 74.9 Å². The molecule has 7 heteroatoms. The number of carbonyl (C=O) groups excluding carboxylic acids is 2. The van der Waals surface area contributed by atoms with Crippen molar-refractivity contribution < 1.29 is 19.1 Å². The zero-order valence-electron chi connectivity index (χ0n) is 16.7. The predicted octanol–water partition coefficient (Wildman–Crippen LogP) is 3.45. The Morgan fingerprint density at radius 3 is 2.25 bits per heavy atom. The van der Waals surface area contributed by atoms with Gasteiger partial charge in [0.15, 0.2) is 0 Å². The fourth-order valence-electron chi connectivity index (χ4n) is 3.27. The lowest BCUT2D eigenvalue weighted by atomic mass is 10.1. The summed E-state index contributed by atoms with van der Waals surface area (Å²) in [6.07, 6.45) is -0.292. The molecule has 0 aliphatic carbocycles. The van der Waals surface area contributed by atoms with Crippen molar-refractivity contribution >= 4 is 17.9 Å². The molecule has 28 heavy (non-hydrogen) atoms. The molecule has 0 radical (unpaired) electrons. The monoisotopic (exact) mass is 385 g/mol. The minimum atomic E-state index is -0.347. The van der Waals surface area contributed by atoms with Crippen LogP contribution in [0.25, 0.3) is 11.3 Å². The number of ether oxygens (including phenoxy) is 2. The third-order valence-corrected chi connectivity index (χ3v) is 4.78. The van der Waals surface area contributed by atoms with Gasteiger partial charge in [-0.1, -0.05) is 29.8 Å². The number of H-pyrrole nitrogens is 1. The second kappa shape index (κ2) is 8.82. The Balaban J connectivity index is 1.84. The SMILES string of the molecule is CCOC(=O)c1cc(-c2ccc(C)cc2)[nH]c1N1CCN(C(=O)OCC)CC1. The van der Waals surface area contributed by atoms with E-state index in [9.17, 15) is 9.59 Å². The molecule has 0 unspecified atom stereocenters. The van der Waals surface area contributed by atoms with E-state index in [4.69, 9.17) is 9.47 Å². The Morgan fingerprint density at radius 2 is 1.64 bits per heavy atom. The standard InChI is InChI=1S/C21H27N3O4/c1-4-27-20(25)17-14-18(16-8-6-15(3)7-9-16)22-19(17)23-10-12-24(13-11-23)21(26)28-5-2/h6-9,14,22H,4-5,10-13H2,1-3H3. The summed E-state index contributed by atoms with van der Waals surface area (Å²) in [5.41, 5.74) is 3.57. The Labute approximate surface area is 165 Å². The summed E-state index contributed by atoms with van der Waals surface area (Å²) in [6.45, 7) is 8.62. The molecule has 1 fully saturated rings. The van der Waals surface area contributed by atoms with Crippen LogP contribution in [-0.4, -0.2) is 61.3 Å². The molecule has 3 rings (SSSR count). The van der Waals surface area contributed by atoms with E-state index in [2.05, 4.69) is 9.88 Å². The molecule has 1 amide bonds. The number of anilines is 1. The van der Waals surface area contributed by atoms with Gasteiger partial charge in [-0.05, 0) is 32.4 Å². The van der Waals surface area contributed by atoms with Crippen molar-refractivity contribution in [3.63, 3.8) is 0 Å². The molecule has 0 bridgehead atoms. The quantitative estimate of drug-likeness (QED) is 0.798. The maximum absolute atomic E-state index is 12.5. The molecule has 1 aromatic carbocycles. The minimum absolute atomic E-state index is 0.292. The lowest BCUT2D eigenvalue weighted by Crippen LogP contribution is -2.49. The van der Waals surface area contributed by atoms with Crippen LogP contribution in [-0.2, 0) is 9.47 Å². The number of nitrogens with zero attached hydrogens (tertiary/aromatic N) is 2. The van der Waals surface area contributed by atoms with E-state index < -0.39 is 0 Å². The van der Waals surface area contributed by atoms with Crippen LogP contribution in [0.4, 0.5) is 10.6 Å². The van der Waals surface area contributed by atoms with Gasteiger partial charge >= 0.3 is 12.1 Å². The summed E-state index contributed by atoms with van der Waals surface area (Å²) < 4.78 is 10.3. The fraction of sp³-hybridized carbons (Fsp3) is 0.429. The van der Waals surface area contributed by atoms with Crippen molar-refractivity contribution in [2.24, 2.45) is 0 Å². The van der Waals surface area contributed by atoms with Gasteiger partial charge in [0.1, 0.15) is 11.4 Å². The van der Waals surface area contributed by atoms with E-state index in [1.54, 1.807) is 18.7 Å². The van der Waals surface area contributed by atoms with E-state index >= 15 is 0 Å². The number of aryl methyl sites for hydroxylation is 1. The molecular weight excluding hydrogens is 358 g/mol. The van der Waals surface area contributed by atoms with Gasteiger partial charge in [-0.3, -0.25) is 0 Å². The Kier molecular flexibility index (Phi) is 6.23. The van der Waals surface area contributed by atoms with Crippen LogP contribution >= 0.6 is 0 Å². The lowest BCUT2D eigenvalue weighted by Gasteiger charge is -2.35. The number of aromatic nitrogens is 1. The number of hydrogen-bond acceptors (Lipinski definition) is 5. The number of aromatic amines is 1. The summed E-state index contributed by atoms with van der Waals surface area (Å²) in [5.74, 6) is 0.387. The summed E-state index contributed by atoms with van der Waals surface area (Å²) >= 11 is 0. The van der Waals surface area contributed by atoms with Crippen LogP contribution in [0.2, 0.25) is 0 Å². The summed E-state index contributed by atoms with van der Waals surface area (Å²) in [5, 5.41) is 0. The van der Waals surface area contributed by atoms with Crippen molar-refractivity contribution in [3.05, 3.63) is 41.5 Å². The molecule has 7 nitrogen and oxygen atoms in total. The number of esters is 1. The molecule has 150 valence electrons. The molecule has 0 spiro atoms. The first-order valence-electron chi connectivity index (χ1n) is 9.67. The molecule has 1 aliphatic heterocycles. The summed E-state index contributed by atoms with van der Waals surface area (Å²) in [4.78, 5) is 31.6. The first kappa shape index (κ1) is 19.8. The van der Waals surface area contributed by atoms with Gasteiger partial charge in [0.25, 0.3) is 0 Å². The van der Waals surface area contributed by atoms with Gasteiger partial charge in [0, 0.05) is 31.9 Å². The Hall–Kier alpha value is -2.96. The third-order valence-electron chi connectivity index (χ3n) is 4.78. The van der Waals surface area contributed by atoms with Crippen LogP contribution in [0.15, 0.2) is 30.3 Å². The lowest BCUT2D eigenvalue weighted by molar-refractivity contribution is 0.0526.